The average Bonchev–Trinajstić information content (AvgIpc) is 3.61. The third kappa shape index (κ3) is 6.08. The molecular formula is C33H32FN7O4. The summed E-state index contributed by atoms with van der Waals surface area (Å²) in [6, 6.07) is 17.0. The van der Waals surface area contributed by atoms with E-state index in [-0.39, 0.29) is 22.9 Å². The summed E-state index contributed by atoms with van der Waals surface area (Å²) in [7, 11) is 0. The van der Waals surface area contributed by atoms with Crippen LogP contribution in [0.3, 0.4) is 0 Å². The van der Waals surface area contributed by atoms with Crippen LogP contribution in [0.25, 0.3) is 16.6 Å². The van der Waals surface area contributed by atoms with Gasteiger partial charge in [0, 0.05) is 35.8 Å². The first-order valence-corrected chi connectivity index (χ1v) is 14.3. The summed E-state index contributed by atoms with van der Waals surface area (Å²) in [6.45, 7) is 6.18. The zero-order valence-electron chi connectivity index (χ0n) is 24.8. The lowest BCUT2D eigenvalue weighted by Gasteiger charge is -2.31. The summed E-state index contributed by atoms with van der Waals surface area (Å²) in [4.78, 5) is 30.6. The number of hydrogen-bond donors (Lipinski definition) is 4. The van der Waals surface area contributed by atoms with E-state index in [1.807, 2.05) is 19.1 Å². The van der Waals surface area contributed by atoms with Crippen molar-refractivity contribution >= 4 is 39.8 Å². The molecule has 0 spiro atoms. The number of benzene rings is 3. The standard InChI is InChI=1S/C33H32FN7O4/c1-19-13-22(45-30-6-4-3-5-24(30)34)7-8-28(19)41-33(36)23(18-37-41)32(43)27-15-21-16-29(40-9-11-44-12-10-40)26(17-25(21)39-27)38-20(2)14-31(35)42/h3-8,13-18,38-39H,9-12,36H2,1-2H3,(H2,35,42)/b20-14-. The SMILES string of the molecule is C/C(=C/C(N)=O)Nc1cc2[nH]c(C(=O)c3cnn(-c4ccc(Oc5ccccc5F)cc4C)c3N)cc2cc1N1CCOCC1. The Morgan fingerprint density at radius 1 is 1.09 bits per heavy atom. The second-order valence-electron chi connectivity index (χ2n) is 10.8. The van der Waals surface area contributed by atoms with Gasteiger partial charge in [-0.3, -0.25) is 9.59 Å². The van der Waals surface area contributed by atoms with Gasteiger partial charge in [0.25, 0.3) is 0 Å². The maximum atomic E-state index is 14.1. The molecule has 6 rings (SSSR count). The van der Waals surface area contributed by atoms with Gasteiger partial charge in [-0.15, -0.1) is 0 Å². The molecule has 6 N–H and O–H groups in total. The van der Waals surface area contributed by atoms with E-state index in [1.54, 1.807) is 49.4 Å². The molecule has 1 aliphatic rings. The number of carbonyl (C=O) groups is 2. The number of aryl methyl sites for hydroxylation is 1. The van der Waals surface area contributed by atoms with E-state index >= 15 is 0 Å². The molecule has 0 radical (unpaired) electrons. The van der Waals surface area contributed by atoms with Gasteiger partial charge in [-0.1, -0.05) is 12.1 Å². The molecule has 0 aliphatic carbocycles. The Morgan fingerprint density at radius 3 is 2.60 bits per heavy atom. The molecule has 2 aromatic heterocycles. The summed E-state index contributed by atoms with van der Waals surface area (Å²) in [5.74, 6) is -0.594. The summed E-state index contributed by atoms with van der Waals surface area (Å²) >= 11 is 0. The normalized spacial score (nSPS) is 13.7. The maximum absolute atomic E-state index is 14.1. The Bertz CT molecular complexity index is 1960. The van der Waals surface area contributed by atoms with Crippen molar-refractivity contribution in [2.24, 2.45) is 5.73 Å². The number of rotatable bonds is 9. The third-order valence-electron chi connectivity index (χ3n) is 7.54. The van der Waals surface area contributed by atoms with Gasteiger partial charge in [0.1, 0.15) is 11.6 Å². The lowest BCUT2D eigenvalue weighted by molar-refractivity contribution is -0.113. The fourth-order valence-corrected chi connectivity index (χ4v) is 5.37. The molecule has 11 nitrogen and oxygen atoms in total. The van der Waals surface area contributed by atoms with E-state index in [0.29, 0.717) is 49.1 Å². The molecule has 0 atom stereocenters. The zero-order chi connectivity index (χ0) is 31.7. The number of ketones is 1. The molecule has 1 aliphatic heterocycles. The fourth-order valence-electron chi connectivity index (χ4n) is 5.37. The lowest BCUT2D eigenvalue weighted by Crippen LogP contribution is -2.36. The van der Waals surface area contributed by atoms with Crippen molar-refractivity contribution in [3.8, 4) is 17.2 Å². The summed E-state index contributed by atoms with van der Waals surface area (Å²) in [6.07, 6.45) is 2.76. The van der Waals surface area contributed by atoms with Crippen molar-refractivity contribution in [2.75, 3.05) is 42.3 Å². The van der Waals surface area contributed by atoms with Crippen LogP contribution < -0.4 is 26.4 Å². The average molecular weight is 610 g/mol. The number of nitrogens with one attached hydrogen (secondary N) is 2. The van der Waals surface area contributed by atoms with Crippen LogP contribution in [0.2, 0.25) is 0 Å². The molecule has 5 aromatic rings. The molecule has 230 valence electrons. The molecule has 0 bridgehead atoms. The number of fused-ring (bicyclic) bond motifs is 1. The van der Waals surface area contributed by atoms with Crippen molar-refractivity contribution < 1.29 is 23.5 Å². The van der Waals surface area contributed by atoms with E-state index < -0.39 is 11.7 Å². The highest BCUT2D eigenvalue weighted by molar-refractivity contribution is 6.13. The summed E-state index contributed by atoms with van der Waals surface area (Å²) < 4.78 is 26.8. The molecule has 1 fully saturated rings. The maximum Gasteiger partial charge on any atom is 0.243 e. The van der Waals surface area contributed by atoms with Crippen LogP contribution in [0.15, 0.2) is 78.6 Å². The Hall–Kier alpha value is -5.62. The number of allylic oxidation sites excluding steroid dienone is 1. The van der Waals surface area contributed by atoms with E-state index in [1.165, 1.54) is 23.0 Å². The minimum Gasteiger partial charge on any atom is -0.454 e. The van der Waals surface area contributed by atoms with Gasteiger partial charge in [-0.25, -0.2) is 9.07 Å². The van der Waals surface area contributed by atoms with Crippen molar-refractivity contribution in [1.82, 2.24) is 14.8 Å². The monoisotopic (exact) mass is 609 g/mol. The fraction of sp³-hybridized carbons (Fsp3) is 0.182. The number of nitrogens with zero attached hydrogens (tertiary/aromatic N) is 3. The van der Waals surface area contributed by atoms with E-state index in [2.05, 4.69) is 20.3 Å². The molecule has 0 saturated carbocycles. The van der Waals surface area contributed by atoms with Gasteiger partial charge in [0.05, 0.1) is 47.7 Å². The first-order valence-electron chi connectivity index (χ1n) is 14.3. The third-order valence-corrected chi connectivity index (χ3v) is 7.54. The van der Waals surface area contributed by atoms with Gasteiger partial charge in [-0.05, 0) is 67.9 Å². The summed E-state index contributed by atoms with van der Waals surface area (Å²) in [5.41, 5.74) is 16.8. The molecule has 1 amide bonds. The Kier molecular flexibility index (Phi) is 7.97. The second-order valence-corrected chi connectivity index (χ2v) is 10.8. The Balaban J connectivity index is 1.29. The number of hydrogen-bond acceptors (Lipinski definition) is 8. The Labute approximate surface area is 258 Å². The number of anilines is 3. The second kappa shape index (κ2) is 12.2. The number of ether oxygens (including phenoxy) is 2. The molecular weight excluding hydrogens is 577 g/mol. The van der Waals surface area contributed by atoms with Crippen LogP contribution >= 0.6 is 0 Å². The van der Waals surface area contributed by atoms with Crippen LogP contribution in [0.1, 0.15) is 28.5 Å². The first-order chi connectivity index (χ1) is 21.7. The van der Waals surface area contributed by atoms with Crippen molar-refractivity contribution in [3.05, 3.63) is 101 Å². The highest BCUT2D eigenvalue weighted by Crippen LogP contribution is 2.34. The summed E-state index contributed by atoms with van der Waals surface area (Å²) in [5, 5.41) is 8.50. The van der Waals surface area contributed by atoms with Crippen LogP contribution in [0.4, 0.5) is 21.6 Å². The van der Waals surface area contributed by atoms with Gasteiger partial charge >= 0.3 is 0 Å². The van der Waals surface area contributed by atoms with Crippen LogP contribution in [0.5, 0.6) is 11.5 Å². The van der Waals surface area contributed by atoms with Gasteiger partial charge < -0.3 is 36.1 Å². The first kappa shape index (κ1) is 29.5. The number of aromatic nitrogens is 3. The highest BCUT2D eigenvalue weighted by Gasteiger charge is 2.22. The predicted octanol–water partition coefficient (Wildman–Crippen LogP) is 5.04. The van der Waals surface area contributed by atoms with Crippen LogP contribution in [-0.4, -0.2) is 52.8 Å². The molecule has 1 saturated heterocycles. The minimum atomic E-state index is -0.554. The molecule has 3 aromatic carbocycles. The van der Waals surface area contributed by atoms with Gasteiger partial charge in [0.2, 0.25) is 11.7 Å². The van der Waals surface area contributed by atoms with Crippen LogP contribution in [-0.2, 0) is 9.53 Å². The van der Waals surface area contributed by atoms with Crippen molar-refractivity contribution in [2.45, 2.75) is 13.8 Å². The van der Waals surface area contributed by atoms with E-state index in [4.69, 9.17) is 20.9 Å². The number of aromatic amines is 1. The van der Waals surface area contributed by atoms with Crippen molar-refractivity contribution in [1.29, 1.82) is 0 Å². The Morgan fingerprint density at radius 2 is 1.87 bits per heavy atom. The number of H-pyrrole nitrogens is 1. The highest BCUT2D eigenvalue weighted by atomic mass is 19.1. The van der Waals surface area contributed by atoms with Gasteiger partial charge in [0.15, 0.2) is 11.6 Å². The molecule has 0 unspecified atom stereocenters. The zero-order valence-corrected chi connectivity index (χ0v) is 24.8. The predicted molar refractivity (Wildman–Crippen MR) is 171 cm³/mol. The van der Waals surface area contributed by atoms with Crippen molar-refractivity contribution in [3.63, 3.8) is 0 Å². The smallest absolute Gasteiger partial charge is 0.243 e. The number of morpholine rings is 1. The number of amides is 1. The number of nitrogen functional groups attached to an aromatic ring is 1. The number of primary amides is 1. The molecule has 12 heteroatoms. The minimum absolute atomic E-state index is 0.117. The lowest BCUT2D eigenvalue weighted by atomic mass is 10.1. The number of halogens is 1. The molecule has 3 heterocycles. The van der Waals surface area contributed by atoms with Crippen LogP contribution in [0, 0.1) is 12.7 Å². The quantitative estimate of drug-likeness (QED) is 0.134. The van der Waals surface area contributed by atoms with E-state index in [9.17, 15) is 14.0 Å². The number of nitrogens with two attached hydrogens (primary N) is 2. The number of carbonyl (C=O) groups excluding carboxylic acids is 2. The topological polar surface area (TPSA) is 154 Å². The molecule has 45 heavy (non-hydrogen) atoms. The number of para-hydroxylation sites is 1. The van der Waals surface area contributed by atoms with E-state index in [0.717, 1.165) is 27.8 Å². The van der Waals surface area contributed by atoms with Gasteiger partial charge in [-0.2, -0.15) is 5.10 Å². The largest absolute Gasteiger partial charge is 0.454 e.